The maximum Gasteiger partial charge on any atom is 0.203 e. The van der Waals surface area contributed by atoms with E-state index in [-0.39, 0.29) is 0 Å². The van der Waals surface area contributed by atoms with Gasteiger partial charge in [0, 0.05) is 18.9 Å². The number of furan rings is 1. The predicted molar refractivity (Wildman–Crippen MR) is 66.6 cm³/mol. The van der Waals surface area contributed by atoms with Gasteiger partial charge in [-0.05, 0) is 31.5 Å². The van der Waals surface area contributed by atoms with Crippen molar-refractivity contribution in [3.8, 4) is 6.07 Å². The summed E-state index contributed by atoms with van der Waals surface area (Å²) in [6, 6.07) is 5.49. The van der Waals surface area contributed by atoms with E-state index in [0.29, 0.717) is 12.3 Å². The van der Waals surface area contributed by atoms with Gasteiger partial charge in [0.1, 0.15) is 11.8 Å². The molecule has 0 unspecified atom stereocenters. The number of aryl methyl sites for hydroxylation is 1. The molecule has 0 radical (unpaired) electrons. The molecule has 5 heteroatoms. The summed E-state index contributed by atoms with van der Waals surface area (Å²) >= 11 is 0. The summed E-state index contributed by atoms with van der Waals surface area (Å²) in [6.07, 6.45) is 7.82. The lowest BCUT2D eigenvalue weighted by Crippen LogP contribution is -2.14. The van der Waals surface area contributed by atoms with Gasteiger partial charge in [-0.1, -0.05) is 0 Å². The second-order valence-corrected chi connectivity index (χ2v) is 4.06. The molecule has 0 spiro atoms. The van der Waals surface area contributed by atoms with Crippen molar-refractivity contribution >= 4 is 0 Å². The maximum absolute atomic E-state index is 8.61. The van der Waals surface area contributed by atoms with Crippen LogP contribution >= 0.6 is 0 Å². The molecule has 0 bridgehead atoms. The Morgan fingerprint density at radius 2 is 2.33 bits per heavy atom. The van der Waals surface area contributed by atoms with Gasteiger partial charge in [0.25, 0.3) is 0 Å². The molecule has 2 aromatic heterocycles. The highest BCUT2D eigenvalue weighted by Crippen LogP contribution is 2.05. The van der Waals surface area contributed by atoms with Crippen molar-refractivity contribution in [2.45, 2.75) is 25.9 Å². The first-order valence-electron chi connectivity index (χ1n) is 6.04. The van der Waals surface area contributed by atoms with Gasteiger partial charge in [-0.3, -0.25) is 0 Å². The molecule has 0 aromatic carbocycles. The standard InChI is InChI=1S/C13H16N4O/c14-9-12-3-4-13(18-12)10-15-5-1-2-7-17-8-6-16-11-17/h3-4,6,8,11,15H,1-2,5,7,10H2. The predicted octanol–water partition coefficient (Wildman–Crippen LogP) is 1.92. The van der Waals surface area contributed by atoms with Crippen LogP contribution in [0.4, 0.5) is 0 Å². The highest BCUT2D eigenvalue weighted by atomic mass is 16.3. The highest BCUT2D eigenvalue weighted by molar-refractivity contribution is 5.18. The molecule has 5 nitrogen and oxygen atoms in total. The number of hydrogen-bond donors (Lipinski definition) is 1. The number of nitrogens with zero attached hydrogens (tertiary/aromatic N) is 3. The van der Waals surface area contributed by atoms with Gasteiger partial charge in [-0.2, -0.15) is 5.26 Å². The lowest BCUT2D eigenvalue weighted by Gasteiger charge is -2.03. The zero-order valence-electron chi connectivity index (χ0n) is 10.2. The van der Waals surface area contributed by atoms with Crippen molar-refractivity contribution in [1.82, 2.24) is 14.9 Å². The van der Waals surface area contributed by atoms with Gasteiger partial charge in [0.2, 0.25) is 5.76 Å². The first-order valence-corrected chi connectivity index (χ1v) is 6.04. The van der Waals surface area contributed by atoms with Crippen molar-refractivity contribution in [3.05, 3.63) is 42.4 Å². The Morgan fingerprint density at radius 1 is 1.39 bits per heavy atom. The Kier molecular flexibility index (Phi) is 4.56. The highest BCUT2D eigenvalue weighted by Gasteiger charge is 1.99. The molecule has 0 saturated heterocycles. The molecule has 0 fully saturated rings. The van der Waals surface area contributed by atoms with Gasteiger partial charge in [0.15, 0.2) is 0 Å². The minimum Gasteiger partial charge on any atom is -0.449 e. The second-order valence-electron chi connectivity index (χ2n) is 4.06. The minimum atomic E-state index is 0.368. The second kappa shape index (κ2) is 6.62. The van der Waals surface area contributed by atoms with E-state index in [4.69, 9.17) is 9.68 Å². The fourth-order valence-electron chi connectivity index (χ4n) is 1.71. The van der Waals surface area contributed by atoms with Crippen LogP contribution in [0.5, 0.6) is 0 Å². The summed E-state index contributed by atoms with van der Waals surface area (Å²) in [4.78, 5) is 4.00. The number of unbranched alkanes of at least 4 members (excludes halogenated alkanes) is 1. The molecule has 0 amide bonds. The fourth-order valence-corrected chi connectivity index (χ4v) is 1.71. The van der Waals surface area contributed by atoms with E-state index in [2.05, 4.69) is 14.9 Å². The van der Waals surface area contributed by atoms with Crippen LogP contribution in [0.2, 0.25) is 0 Å². The van der Waals surface area contributed by atoms with Crippen molar-refractivity contribution in [3.63, 3.8) is 0 Å². The molecule has 94 valence electrons. The number of imidazole rings is 1. The Balaban J connectivity index is 1.55. The Morgan fingerprint density at radius 3 is 3.06 bits per heavy atom. The van der Waals surface area contributed by atoms with E-state index in [1.165, 1.54) is 0 Å². The van der Waals surface area contributed by atoms with E-state index in [0.717, 1.165) is 31.7 Å². The molecular weight excluding hydrogens is 228 g/mol. The summed E-state index contributed by atoms with van der Waals surface area (Å²) in [5.41, 5.74) is 0. The summed E-state index contributed by atoms with van der Waals surface area (Å²) < 4.78 is 7.34. The molecule has 2 rings (SSSR count). The van der Waals surface area contributed by atoms with Crippen molar-refractivity contribution < 1.29 is 4.42 Å². The van der Waals surface area contributed by atoms with Crippen LogP contribution in [0.3, 0.4) is 0 Å². The van der Waals surface area contributed by atoms with Crippen LogP contribution < -0.4 is 5.32 Å². The van der Waals surface area contributed by atoms with Gasteiger partial charge in [-0.15, -0.1) is 0 Å². The first-order chi connectivity index (χ1) is 8.88. The average Bonchev–Trinajstić information content (AvgIpc) is 3.04. The van der Waals surface area contributed by atoms with Gasteiger partial charge < -0.3 is 14.3 Å². The first kappa shape index (κ1) is 12.4. The van der Waals surface area contributed by atoms with E-state index in [1.54, 1.807) is 12.3 Å². The zero-order valence-corrected chi connectivity index (χ0v) is 10.2. The van der Waals surface area contributed by atoms with Crippen LogP contribution in [-0.4, -0.2) is 16.1 Å². The number of nitriles is 1. The lowest BCUT2D eigenvalue weighted by atomic mass is 10.3. The Bertz CT molecular complexity index is 495. The zero-order chi connectivity index (χ0) is 12.6. The van der Waals surface area contributed by atoms with Crippen LogP contribution in [0.25, 0.3) is 0 Å². The molecule has 0 aliphatic carbocycles. The molecule has 2 heterocycles. The third-order valence-corrected chi connectivity index (χ3v) is 2.65. The quantitative estimate of drug-likeness (QED) is 0.755. The number of aromatic nitrogens is 2. The summed E-state index contributed by atoms with van der Waals surface area (Å²) in [6.45, 7) is 2.62. The van der Waals surface area contributed by atoms with E-state index < -0.39 is 0 Å². The monoisotopic (exact) mass is 244 g/mol. The average molecular weight is 244 g/mol. The number of nitrogens with one attached hydrogen (secondary N) is 1. The van der Waals surface area contributed by atoms with Crippen LogP contribution in [0.1, 0.15) is 24.4 Å². The van der Waals surface area contributed by atoms with Crippen molar-refractivity contribution in [1.29, 1.82) is 5.26 Å². The van der Waals surface area contributed by atoms with E-state index in [1.807, 2.05) is 24.7 Å². The summed E-state index contributed by atoms with van der Waals surface area (Å²) in [5, 5.41) is 11.9. The topological polar surface area (TPSA) is 66.8 Å². The molecular formula is C13H16N4O. The molecule has 0 aliphatic heterocycles. The maximum atomic E-state index is 8.61. The smallest absolute Gasteiger partial charge is 0.203 e. The van der Waals surface area contributed by atoms with E-state index >= 15 is 0 Å². The molecule has 0 atom stereocenters. The molecule has 0 saturated carbocycles. The molecule has 1 N–H and O–H groups in total. The van der Waals surface area contributed by atoms with Gasteiger partial charge in [0.05, 0.1) is 12.9 Å². The van der Waals surface area contributed by atoms with Gasteiger partial charge >= 0.3 is 0 Å². The van der Waals surface area contributed by atoms with Crippen molar-refractivity contribution in [2.75, 3.05) is 6.54 Å². The third-order valence-electron chi connectivity index (χ3n) is 2.65. The largest absolute Gasteiger partial charge is 0.449 e. The third kappa shape index (κ3) is 3.75. The SMILES string of the molecule is N#Cc1ccc(CNCCCCn2ccnc2)o1. The molecule has 2 aromatic rings. The Hall–Kier alpha value is -2.06. The minimum absolute atomic E-state index is 0.368. The summed E-state index contributed by atoms with van der Waals surface area (Å²) in [7, 11) is 0. The van der Waals surface area contributed by atoms with Crippen molar-refractivity contribution in [2.24, 2.45) is 0 Å². The Labute approximate surface area is 106 Å². The lowest BCUT2D eigenvalue weighted by molar-refractivity contribution is 0.468. The van der Waals surface area contributed by atoms with Crippen LogP contribution in [0.15, 0.2) is 35.3 Å². The van der Waals surface area contributed by atoms with E-state index in [9.17, 15) is 0 Å². The number of rotatable bonds is 7. The normalized spacial score (nSPS) is 10.4. The fraction of sp³-hybridized carbons (Fsp3) is 0.385. The van der Waals surface area contributed by atoms with Crippen LogP contribution in [0, 0.1) is 11.3 Å². The summed E-state index contributed by atoms with van der Waals surface area (Å²) in [5.74, 6) is 1.17. The van der Waals surface area contributed by atoms with Crippen LogP contribution in [-0.2, 0) is 13.1 Å². The van der Waals surface area contributed by atoms with Gasteiger partial charge in [-0.25, -0.2) is 4.98 Å². The molecule has 0 aliphatic rings. The molecule has 18 heavy (non-hydrogen) atoms. The number of hydrogen-bond acceptors (Lipinski definition) is 4.